The predicted molar refractivity (Wildman–Crippen MR) is 158 cm³/mol. The SMILES string of the molecule is Cc1ccc2c(NC[C@@H](O)C3CC3)cccc2c1Oc1ncccc1-c1ccnc(N[C@H]2CCCNC2)n1.Cl. The number of hydrogen-bond donors (Lipinski definition) is 4. The van der Waals surface area contributed by atoms with E-state index in [-0.39, 0.29) is 18.5 Å². The van der Waals surface area contributed by atoms with Gasteiger partial charge in [-0.25, -0.2) is 15.0 Å². The molecule has 1 aliphatic heterocycles. The van der Waals surface area contributed by atoms with E-state index in [0.717, 1.165) is 77.8 Å². The second kappa shape index (κ2) is 12.2. The molecular weight excluding hydrogens is 512 g/mol. The first-order valence-corrected chi connectivity index (χ1v) is 13.5. The maximum Gasteiger partial charge on any atom is 0.228 e. The molecule has 1 saturated carbocycles. The summed E-state index contributed by atoms with van der Waals surface area (Å²) >= 11 is 0. The number of aliphatic hydroxyl groups is 1. The van der Waals surface area contributed by atoms with Gasteiger partial charge < -0.3 is 25.8 Å². The molecule has 1 saturated heterocycles. The van der Waals surface area contributed by atoms with Gasteiger partial charge in [-0.15, -0.1) is 12.4 Å². The van der Waals surface area contributed by atoms with Crippen molar-refractivity contribution in [1.82, 2.24) is 20.3 Å². The average Bonchev–Trinajstić information content (AvgIpc) is 3.80. The average molecular weight is 547 g/mol. The lowest BCUT2D eigenvalue weighted by atomic mass is 10.0. The number of ether oxygens (including phenoxy) is 1. The van der Waals surface area contributed by atoms with Crippen LogP contribution in [0.2, 0.25) is 0 Å². The van der Waals surface area contributed by atoms with Crippen LogP contribution in [0.3, 0.4) is 0 Å². The minimum atomic E-state index is -0.316. The summed E-state index contributed by atoms with van der Waals surface area (Å²) in [6.45, 7) is 4.55. The number of hydrogen-bond acceptors (Lipinski definition) is 8. The fourth-order valence-corrected chi connectivity index (χ4v) is 5.09. The zero-order valence-corrected chi connectivity index (χ0v) is 22.9. The number of aliphatic hydroxyl groups excluding tert-OH is 1. The number of aromatic nitrogens is 3. The Kier molecular flexibility index (Phi) is 8.45. The number of benzene rings is 2. The van der Waals surface area contributed by atoms with Gasteiger partial charge in [-0.05, 0) is 74.9 Å². The van der Waals surface area contributed by atoms with Gasteiger partial charge in [0.2, 0.25) is 11.8 Å². The number of nitrogens with zero attached hydrogens (tertiary/aromatic N) is 3. The quantitative estimate of drug-likeness (QED) is 0.216. The van der Waals surface area contributed by atoms with Crippen LogP contribution in [0, 0.1) is 12.8 Å². The molecule has 0 radical (unpaired) electrons. The molecule has 0 unspecified atom stereocenters. The Bertz CT molecular complexity index is 1420. The van der Waals surface area contributed by atoms with Crippen LogP contribution in [0.4, 0.5) is 11.6 Å². The zero-order valence-electron chi connectivity index (χ0n) is 22.1. The summed E-state index contributed by atoms with van der Waals surface area (Å²) in [5.41, 5.74) is 3.55. The summed E-state index contributed by atoms with van der Waals surface area (Å²) in [5, 5.41) is 22.7. The summed E-state index contributed by atoms with van der Waals surface area (Å²) in [7, 11) is 0. The maximum absolute atomic E-state index is 10.4. The normalized spacial score (nSPS) is 17.7. The molecule has 2 atom stereocenters. The highest BCUT2D eigenvalue weighted by atomic mass is 35.5. The molecule has 0 bridgehead atoms. The molecule has 6 rings (SSSR count). The number of halogens is 1. The molecule has 3 heterocycles. The van der Waals surface area contributed by atoms with E-state index < -0.39 is 0 Å². The van der Waals surface area contributed by atoms with E-state index in [1.165, 1.54) is 0 Å². The summed E-state index contributed by atoms with van der Waals surface area (Å²) in [4.78, 5) is 13.8. The van der Waals surface area contributed by atoms with Gasteiger partial charge in [0.05, 0.1) is 17.4 Å². The molecule has 2 fully saturated rings. The van der Waals surface area contributed by atoms with Gasteiger partial charge in [-0.3, -0.25) is 0 Å². The van der Waals surface area contributed by atoms with E-state index in [1.807, 2.05) is 37.3 Å². The van der Waals surface area contributed by atoms with Crippen LogP contribution in [-0.2, 0) is 0 Å². The molecule has 4 aromatic rings. The zero-order chi connectivity index (χ0) is 25.9. The standard InChI is InChI=1S/C30H34N6O2.ClH/c1-19-9-12-22-23(6-2-8-25(22)34-18-27(37)20-10-11-20)28(19)38-29-24(7-4-15-32-29)26-13-16-33-30(36-26)35-21-5-3-14-31-17-21;/h2,4,6-9,12-13,15-16,20-21,27,31,34,37H,3,5,10-11,14,17-18H2,1H3,(H,33,35,36);1H/t21-,27+;/m0./s1. The van der Waals surface area contributed by atoms with Gasteiger partial charge in [0.25, 0.3) is 0 Å². The van der Waals surface area contributed by atoms with Crippen molar-refractivity contribution < 1.29 is 9.84 Å². The van der Waals surface area contributed by atoms with Gasteiger partial charge in [-0.1, -0.05) is 24.3 Å². The van der Waals surface area contributed by atoms with Crippen LogP contribution in [0.15, 0.2) is 60.9 Å². The minimum absolute atomic E-state index is 0. The Labute approximate surface area is 235 Å². The highest BCUT2D eigenvalue weighted by Gasteiger charge is 2.29. The van der Waals surface area contributed by atoms with E-state index >= 15 is 0 Å². The number of anilines is 2. The largest absolute Gasteiger partial charge is 0.437 e. The van der Waals surface area contributed by atoms with Crippen molar-refractivity contribution in [3.8, 4) is 22.9 Å². The Morgan fingerprint density at radius 1 is 1.03 bits per heavy atom. The molecule has 39 heavy (non-hydrogen) atoms. The summed E-state index contributed by atoms with van der Waals surface area (Å²) in [6, 6.07) is 16.4. The molecule has 2 aliphatic rings. The molecule has 9 heteroatoms. The molecule has 0 amide bonds. The fraction of sp³-hybridized carbons (Fsp3) is 0.367. The molecule has 1 aliphatic carbocycles. The highest BCUT2D eigenvalue weighted by Crippen LogP contribution is 2.39. The Morgan fingerprint density at radius 3 is 2.74 bits per heavy atom. The Balaban J connectivity index is 0.00000308. The van der Waals surface area contributed by atoms with Crippen molar-refractivity contribution in [3.05, 3.63) is 66.5 Å². The second-order valence-electron chi connectivity index (χ2n) is 10.3. The molecular formula is C30H35ClN6O2. The first kappa shape index (κ1) is 27.1. The first-order valence-electron chi connectivity index (χ1n) is 13.5. The summed E-state index contributed by atoms with van der Waals surface area (Å²) < 4.78 is 6.55. The van der Waals surface area contributed by atoms with Crippen molar-refractivity contribution in [3.63, 3.8) is 0 Å². The van der Waals surface area contributed by atoms with Crippen molar-refractivity contribution in [1.29, 1.82) is 0 Å². The van der Waals surface area contributed by atoms with Crippen LogP contribution in [0.1, 0.15) is 31.2 Å². The maximum atomic E-state index is 10.4. The van der Waals surface area contributed by atoms with E-state index in [9.17, 15) is 5.11 Å². The number of aryl methyl sites for hydroxylation is 1. The van der Waals surface area contributed by atoms with Gasteiger partial charge in [0, 0.05) is 48.0 Å². The summed E-state index contributed by atoms with van der Waals surface area (Å²) in [5.74, 6) is 2.29. The molecule has 8 nitrogen and oxygen atoms in total. The van der Waals surface area contributed by atoms with Crippen molar-refractivity contribution in [2.45, 2.75) is 44.8 Å². The Morgan fingerprint density at radius 2 is 1.92 bits per heavy atom. The lowest BCUT2D eigenvalue weighted by Gasteiger charge is -2.23. The number of rotatable bonds is 9. The number of pyridine rings is 1. The van der Waals surface area contributed by atoms with Crippen LogP contribution in [-0.4, -0.2) is 51.8 Å². The number of nitrogens with one attached hydrogen (secondary N) is 3. The summed E-state index contributed by atoms with van der Waals surface area (Å²) in [6.07, 6.45) is 7.66. The molecule has 204 valence electrons. The van der Waals surface area contributed by atoms with Crippen molar-refractivity contribution >= 4 is 34.8 Å². The van der Waals surface area contributed by atoms with Crippen LogP contribution in [0.5, 0.6) is 11.6 Å². The van der Waals surface area contributed by atoms with E-state index in [1.54, 1.807) is 12.4 Å². The van der Waals surface area contributed by atoms with Crippen LogP contribution >= 0.6 is 12.4 Å². The van der Waals surface area contributed by atoms with Crippen LogP contribution in [0.25, 0.3) is 22.0 Å². The second-order valence-corrected chi connectivity index (χ2v) is 10.3. The predicted octanol–water partition coefficient (Wildman–Crippen LogP) is 5.56. The highest BCUT2D eigenvalue weighted by molar-refractivity contribution is 5.98. The van der Waals surface area contributed by atoms with E-state index in [2.05, 4.69) is 44.1 Å². The smallest absolute Gasteiger partial charge is 0.228 e. The molecule has 0 spiro atoms. The van der Waals surface area contributed by atoms with Gasteiger partial charge in [-0.2, -0.15) is 0 Å². The van der Waals surface area contributed by atoms with E-state index in [4.69, 9.17) is 9.72 Å². The third-order valence-electron chi connectivity index (χ3n) is 7.41. The third-order valence-corrected chi connectivity index (χ3v) is 7.41. The van der Waals surface area contributed by atoms with Gasteiger partial charge in [0.15, 0.2) is 0 Å². The van der Waals surface area contributed by atoms with E-state index in [0.29, 0.717) is 30.3 Å². The molecule has 2 aromatic carbocycles. The minimum Gasteiger partial charge on any atom is -0.437 e. The number of fused-ring (bicyclic) bond motifs is 1. The van der Waals surface area contributed by atoms with Gasteiger partial charge >= 0.3 is 0 Å². The van der Waals surface area contributed by atoms with Gasteiger partial charge in [0.1, 0.15) is 5.75 Å². The third kappa shape index (κ3) is 6.24. The fourth-order valence-electron chi connectivity index (χ4n) is 5.09. The molecule has 4 N–H and O–H groups in total. The topological polar surface area (TPSA) is 104 Å². The Hall–Kier alpha value is -3.46. The molecule has 2 aromatic heterocycles. The van der Waals surface area contributed by atoms with Crippen LogP contribution < -0.4 is 20.7 Å². The monoisotopic (exact) mass is 546 g/mol. The lowest BCUT2D eigenvalue weighted by molar-refractivity contribution is 0.164. The lowest BCUT2D eigenvalue weighted by Crippen LogP contribution is -2.38. The van der Waals surface area contributed by atoms with Crippen molar-refractivity contribution in [2.24, 2.45) is 5.92 Å². The van der Waals surface area contributed by atoms with Crippen molar-refractivity contribution in [2.75, 3.05) is 30.3 Å². The first-order chi connectivity index (χ1) is 18.7. The number of piperidine rings is 1.